The van der Waals surface area contributed by atoms with Crippen molar-refractivity contribution in [1.29, 1.82) is 0 Å². The minimum atomic E-state index is -2.53. The lowest BCUT2D eigenvalue weighted by Crippen LogP contribution is -2.52. The summed E-state index contributed by atoms with van der Waals surface area (Å²) in [5.41, 5.74) is -2.53. The van der Waals surface area contributed by atoms with Gasteiger partial charge in [-0.3, -0.25) is 9.59 Å². The van der Waals surface area contributed by atoms with Gasteiger partial charge in [0.25, 0.3) is 5.91 Å². The van der Waals surface area contributed by atoms with E-state index in [4.69, 9.17) is 5.11 Å². The summed E-state index contributed by atoms with van der Waals surface area (Å²) in [5, 5.41) is 31.2. The van der Waals surface area contributed by atoms with Gasteiger partial charge in [0.05, 0.1) is 12.6 Å². The highest BCUT2D eigenvalue weighted by atomic mass is 16.4. The van der Waals surface area contributed by atoms with Crippen molar-refractivity contribution in [2.24, 2.45) is 0 Å². The Morgan fingerprint density at radius 1 is 1.16 bits per heavy atom. The molecule has 0 aromatic carbocycles. The Morgan fingerprint density at radius 2 is 1.80 bits per heavy atom. The molecule has 0 bridgehead atoms. The lowest BCUT2D eigenvalue weighted by Gasteiger charge is -2.21. The molecule has 1 saturated heterocycles. The molecule has 0 aromatic heterocycles. The van der Waals surface area contributed by atoms with Gasteiger partial charge in [-0.2, -0.15) is 0 Å². The van der Waals surface area contributed by atoms with Crippen LogP contribution < -0.4 is 5.32 Å². The van der Waals surface area contributed by atoms with Crippen molar-refractivity contribution in [2.45, 2.75) is 76.0 Å². The van der Waals surface area contributed by atoms with E-state index in [0.29, 0.717) is 0 Å². The van der Waals surface area contributed by atoms with Crippen LogP contribution in [0, 0.1) is 0 Å². The third-order valence-corrected chi connectivity index (χ3v) is 4.51. The second-order valence-electron chi connectivity index (χ2n) is 6.54. The van der Waals surface area contributed by atoms with Crippen LogP contribution >= 0.6 is 0 Å². The lowest BCUT2D eigenvalue weighted by molar-refractivity contribution is -0.154. The van der Waals surface area contributed by atoms with Crippen LogP contribution in [0.15, 0.2) is 24.3 Å². The molecule has 4 N–H and O–H groups in total. The van der Waals surface area contributed by atoms with Crippen LogP contribution in [0.5, 0.6) is 0 Å². The van der Waals surface area contributed by atoms with Crippen LogP contribution in [-0.2, 0) is 9.59 Å². The predicted octanol–water partition coefficient (Wildman–Crippen LogP) is 1.39. The number of aliphatic hydroxyl groups excluding tert-OH is 2. The average molecular weight is 353 g/mol. The molecule has 6 nitrogen and oxygen atoms in total. The molecule has 25 heavy (non-hydrogen) atoms. The van der Waals surface area contributed by atoms with E-state index in [1.165, 1.54) is 44.6 Å². The molecule has 0 aliphatic carbocycles. The summed E-state index contributed by atoms with van der Waals surface area (Å²) in [7, 11) is 0. The van der Waals surface area contributed by atoms with Crippen LogP contribution in [0.3, 0.4) is 0 Å². The molecule has 1 heterocycles. The molecule has 1 rings (SSSR count). The largest absolute Gasteiger partial charge is 0.394 e. The second-order valence-corrected chi connectivity index (χ2v) is 6.54. The summed E-state index contributed by atoms with van der Waals surface area (Å²) in [6, 6.07) is -1.04. The molecule has 6 heteroatoms. The molecule has 0 spiro atoms. The van der Waals surface area contributed by atoms with Crippen molar-refractivity contribution < 1.29 is 24.9 Å². The summed E-state index contributed by atoms with van der Waals surface area (Å²) in [6.45, 7) is 1.65. The standard InChI is InChI=1S/C19H31NO5/c1-2-3-4-5-6-7-8-9-10-11-12-13-16(22)19(25)17(23)15(14-21)20-18(19)24/h10-13,15,17,21,23,25H,2-9,14H2,1H3,(H,20,24)/b11-10+,13-12+/t15-,17-,19+/m0/s1. The van der Waals surface area contributed by atoms with Crippen LogP contribution in [-0.4, -0.2) is 51.4 Å². The predicted molar refractivity (Wildman–Crippen MR) is 95.9 cm³/mol. The second kappa shape index (κ2) is 11.2. The maximum absolute atomic E-state index is 12.0. The third-order valence-electron chi connectivity index (χ3n) is 4.51. The Balaban J connectivity index is 2.31. The Bertz CT molecular complexity index is 488. The van der Waals surface area contributed by atoms with Crippen molar-refractivity contribution in [1.82, 2.24) is 5.32 Å². The summed E-state index contributed by atoms with van der Waals surface area (Å²) < 4.78 is 0. The summed E-state index contributed by atoms with van der Waals surface area (Å²) >= 11 is 0. The van der Waals surface area contributed by atoms with Crippen molar-refractivity contribution in [2.75, 3.05) is 6.61 Å². The topological polar surface area (TPSA) is 107 Å². The minimum absolute atomic E-state index is 0.551. The summed E-state index contributed by atoms with van der Waals surface area (Å²) in [6.07, 6.45) is 14.1. The third kappa shape index (κ3) is 6.06. The zero-order valence-corrected chi connectivity index (χ0v) is 15.0. The number of carbonyl (C=O) groups is 2. The number of hydrogen-bond donors (Lipinski definition) is 4. The normalized spacial score (nSPS) is 26.6. The van der Waals surface area contributed by atoms with Crippen LogP contribution in [0.4, 0.5) is 0 Å². The van der Waals surface area contributed by atoms with Crippen molar-refractivity contribution in [3.8, 4) is 0 Å². The fourth-order valence-corrected chi connectivity index (χ4v) is 2.85. The van der Waals surface area contributed by atoms with E-state index in [1.54, 1.807) is 6.08 Å². The van der Waals surface area contributed by atoms with Crippen molar-refractivity contribution in [3.05, 3.63) is 24.3 Å². The van der Waals surface area contributed by atoms with Gasteiger partial charge in [0, 0.05) is 0 Å². The smallest absolute Gasteiger partial charge is 0.263 e. The molecule has 1 fully saturated rings. The van der Waals surface area contributed by atoms with Gasteiger partial charge < -0.3 is 20.6 Å². The first-order chi connectivity index (χ1) is 12.0. The zero-order valence-electron chi connectivity index (χ0n) is 15.0. The molecule has 142 valence electrons. The van der Waals surface area contributed by atoms with E-state index in [1.807, 2.05) is 6.08 Å². The van der Waals surface area contributed by atoms with Gasteiger partial charge in [-0.15, -0.1) is 0 Å². The molecular formula is C19H31NO5. The van der Waals surface area contributed by atoms with E-state index in [0.717, 1.165) is 18.9 Å². The number of aliphatic hydroxyl groups is 3. The maximum atomic E-state index is 12.0. The molecule has 0 saturated carbocycles. The number of nitrogens with one attached hydrogen (secondary N) is 1. The lowest BCUT2D eigenvalue weighted by atomic mass is 9.91. The molecule has 0 aromatic rings. The first-order valence-electron chi connectivity index (χ1n) is 9.18. The summed E-state index contributed by atoms with van der Waals surface area (Å²) in [5.74, 6) is -1.88. The first kappa shape index (κ1) is 21.5. The fraction of sp³-hybridized carbons (Fsp3) is 0.684. The highest BCUT2D eigenvalue weighted by Crippen LogP contribution is 2.23. The van der Waals surface area contributed by atoms with Gasteiger partial charge >= 0.3 is 0 Å². The fourth-order valence-electron chi connectivity index (χ4n) is 2.85. The molecule has 3 atom stereocenters. The van der Waals surface area contributed by atoms with Gasteiger partial charge in [-0.05, 0) is 18.9 Å². The average Bonchev–Trinajstić information content (AvgIpc) is 2.84. The number of amides is 1. The maximum Gasteiger partial charge on any atom is 0.263 e. The van der Waals surface area contributed by atoms with Gasteiger partial charge in [0.15, 0.2) is 5.78 Å². The number of rotatable bonds is 12. The quantitative estimate of drug-likeness (QED) is 0.184. The molecular weight excluding hydrogens is 322 g/mol. The minimum Gasteiger partial charge on any atom is -0.394 e. The molecule has 1 aliphatic rings. The van der Waals surface area contributed by atoms with E-state index >= 15 is 0 Å². The SMILES string of the molecule is CCCCCCCCC/C=C/C=C/C(=O)[C@]1(O)C(=O)N[C@@H](CO)[C@@H]1O. The Hall–Kier alpha value is -1.50. The van der Waals surface area contributed by atoms with E-state index in [-0.39, 0.29) is 0 Å². The van der Waals surface area contributed by atoms with Crippen molar-refractivity contribution in [3.63, 3.8) is 0 Å². The number of carbonyl (C=O) groups excluding carboxylic acids is 2. The van der Waals surface area contributed by atoms with E-state index in [2.05, 4.69) is 12.2 Å². The highest BCUT2D eigenvalue weighted by molar-refractivity contribution is 6.16. The first-order valence-corrected chi connectivity index (χ1v) is 9.18. The number of hydrogen-bond acceptors (Lipinski definition) is 5. The monoisotopic (exact) mass is 353 g/mol. The Labute approximate surface area is 149 Å². The van der Waals surface area contributed by atoms with Crippen LogP contribution in [0.2, 0.25) is 0 Å². The van der Waals surface area contributed by atoms with E-state index in [9.17, 15) is 19.8 Å². The Morgan fingerprint density at radius 3 is 2.40 bits per heavy atom. The van der Waals surface area contributed by atoms with Gasteiger partial charge in [0.2, 0.25) is 5.60 Å². The number of allylic oxidation sites excluding steroid dienone is 3. The van der Waals surface area contributed by atoms with Gasteiger partial charge in [-0.25, -0.2) is 0 Å². The number of unbranched alkanes of at least 4 members (excludes halogenated alkanes) is 7. The highest BCUT2D eigenvalue weighted by Gasteiger charge is 2.57. The molecule has 1 aliphatic heterocycles. The number of ketones is 1. The van der Waals surface area contributed by atoms with Crippen LogP contribution in [0.25, 0.3) is 0 Å². The molecule has 0 radical (unpaired) electrons. The van der Waals surface area contributed by atoms with Gasteiger partial charge in [-0.1, -0.05) is 63.7 Å². The summed E-state index contributed by atoms with van der Waals surface area (Å²) in [4.78, 5) is 23.8. The zero-order chi connectivity index (χ0) is 18.7. The molecule has 1 amide bonds. The van der Waals surface area contributed by atoms with Crippen molar-refractivity contribution >= 4 is 11.7 Å². The Kier molecular flexibility index (Phi) is 9.63. The van der Waals surface area contributed by atoms with Crippen LogP contribution in [0.1, 0.15) is 58.3 Å². The van der Waals surface area contributed by atoms with Gasteiger partial charge in [0.1, 0.15) is 6.10 Å². The van der Waals surface area contributed by atoms with E-state index < -0.39 is 36.0 Å². The molecule has 0 unspecified atom stereocenters.